The van der Waals surface area contributed by atoms with Crippen LogP contribution in [0, 0.1) is 0 Å². The number of carbonyl (C=O) groups excluding carboxylic acids is 2. The average Bonchev–Trinajstić information content (AvgIpc) is 2.87. The van der Waals surface area contributed by atoms with Crippen LogP contribution in [-0.2, 0) is 0 Å². The van der Waals surface area contributed by atoms with Gasteiger partial charge in [0.2, 0.25) is 0 Å². The van der Waals surface area contributed by atoms with E-state index < -0.39 is 0 Å². The number of thioether (sulfide) groups is 1. The fourth-order valence-corrected chi connectivity index (χ4v) is 2.56. The average molecular weight is 292 g/mol. The highest BCUT2D eigenvalue weighted by Crippen LogP contribution is 2.18. The first-order valence-corrected chi connectivity index (χ1v) is 7.62. The molecule has 6 heteroatoms. The van der Waals surface area contributed by atoms with Gasteiger partial charge in [0.1, 0.15) is 5.69 Å². The highest BCUT2D eigenvalue weighted by Gasteiger charge is 2.10. The molecule has 0 unspecified atom stereocenters. The molecule has 0 aliphatic rings. The number of aromatic nitrogens is 1. The Morgan fingerprint density at radius 2 is 1.95 bits per heavy atom. The Kier molecular flexibility index (Phi) is 4.34. The fraction of sp³-hybridized carbons (Fsp3) is 0.154. The fourth-order valence-electron chi connectivity index (χ4n) is 1.40. The van der Waals surface area contributed by atoms with Crippen LogP contribution < -0.4 is 5.32 Å². The Hall–Kier alpha value is -1.66. The van der Waals surface area contributed by atoms with E-state index in [1.54, 1.807) is 29.3 Å². The number of thiazole rings is 1. The quantitative estimate of drug-likeness (QED) is 0.693. The lowest BCUT2D eigenvalue weighted by Crippen LogP contribution is -2.11. The van der Waals surface area contributed by atoms with Crippen LogP contribution >= 0.6 is 23.1 Å². The van der Waals surface area contributed by atoms with Crippen molar-refractivity contribution in [3.8, 4) is 0 Å². The van der Waals surface area contributed by atoms with Crippen molar-refractivity contribution in [2.75, 3.05) is 11.6 Å². The SMILES string of the molecule is CSc1ccc(C(=O)Nc2nc(C(C)=O)cs2)cc1. The molecule has 4 nitrogen and oxygen atoms in total. The van der Waals surface area contributed by atoms with Gasteiger partial charge in [-0.25, -0.2) is 4.98 Å². The van der Waals surface area contributed by atoms with E-state index in [-0.39, 0.29) is 11.7 Å². The Labute approximate surface area is 119 Å². The van der Waals surface area contributed by atoms with Gasteiger partial charge in [-0.05, 0) is 30.5 Å². The third-order valence-corrected chi connectivity index (χ3v) is 3.94. The lowest BCUT2D eigenvalue weighted by molar-refractivity contribution is 0.100. The summed E-state index contributed by atoms with van der Waals surface area (Å²) >= 11 is 2.86. The number of benzene rings is 1. The summed E-state index contributed by atoms with van der Waals surface area (Å²) in [5, 5.41) is 4.75. The van der Waals surface area contributed by atoms with Crippen LogP contribution in [0.5, 0.6) is 0 Å². The van der Waals surface area contributed by atoms with Crippen molar-refractivity contribution in [1.82, 2.24) is 4.98 Å². The maximum atomic E-state index is 12.0. The Bertz CT molecular complexity index is 605. The molecule has 0 saturated heterocycles. The number of hydrogen-bond donors (Lipinski definition) is 1. The van der Waals surface area contributed by atoms with Gasteiger partial charge in [-0.15, -0.1) is 23.1 Å². The second kappa shape index (κ2) is 5.99. The zero-order valence-corrected chi connectivity index (χ0v) is 12.1. The number of amides is 1. The first-order chi connectivity index (χ1) is 9.10. The van der Waals surface area contributed by atoms with Crippen LogP contribution in [0.1, 0.15) is 27.8 Å². The number of ketones is 1. The van der Waals surface area contributed by atoms with Crippen LogP contribution in [-0.4, -0.2) is 22.9 Å². The molecular formula is C13H12N2O2S2. The van der Waals surface area contributed by atoms with E-state index in [0.29, 0.717) is 16.4 Å². The monoisotopic (exact) mass is 292 g/mol. The molecule has 1 aromatic heterocycles. The van der Waals surface area contributed by atoms with Gasteiger partial charge in [0.25, 0.3) is 5.91 Å². The van der Waals surface area contributed by atoms with Gasteiger partial charge in [-0.2, -0.15) is 0 Å². The van der Waals surface area contributed by atoms with Crippen molar-refractivity contribution in [3.05, 3.63) is 40.9 Å². The zero-order valence-electron chi connectivity index (χ0n) is 10.5. The molecule has 0 atom stereocenters. The van der Waals surface area contributed by atoms with E-state index in [1.165, 1.54) is 18.3 Å². The molecule has 0 aliphatic carbocycles. The number of Topliss-reactive ketones (excluding diaryl/α,β-unsaturated/α-hetero) is 1. The number of nitrogens with one attached hydrogen (secondary N) is 1. The minimum atomic E-state index is -0.225. The van der Waals surface area contributed by atoms with Crippen LogP contribution in [0.3, 0.4) is 0 Å². The standard InChI is InChI=1S/C13H12N2O2S2/c1-8(16)11-7-19-13(14-11)15-12(17)9-3-5-10(18-2)6-4-9/h3-7H,1-2H3,(H,14,15,17). The molecule has 98 valence electrons. The molecule has 0 aliphatic heterocycles. The first-order valence-electron chi connectivity index (χ1n) is 5.52. The van der Waals surface area contributed by atoms with Gasteiger partial charge in [0.15, 0.2) is 10.9 Å². The Balaban J connectivity index is 2.08. The smallest absolute Gasteiger partial charge is 0.257 e. The first kappa shape index (κ1) is 13.8. The number of carbonyl (C=O) groups is 2. The minimum absolute atomic E-state index is 0.110. The predicted molar refractivity (Wildman–Crippen MR) is 78.3 cm³/mol. The molecule has 1 N–H and O–H groups in total. The van der Waals surface area contributed by atoms with Crippen molar-refractivity contribution in [1.29, 1.82) is 0 Å². The summed E-state index contributed by atoms with van der Waals surface area (Å²) in [5.41, 5.74) is 0.940. The van der Waals surface area contributed by atoms with Crippen LogP contribution in [0.15, 0.2) is 34.5 Å². The van der Waals surface area contributed by atoms with E-state index in [9.17, 15) is 9.59 Å². The van der Waals surface area contributed by atoms with E-state index in [1.807, 2.05) is 18.4 Å². The summed E-state index contributed by atoms with van der Waals surface area (Å²) in [6, 6.07) is 7.31. The van der Waals surface area contributed by atoms with Crippen molar-refractivity contribution in [2.45, 2.75) is 11.8 Å². The molecule has 0 fully saturated rings. The van der Waals surface area contributed by atoms with Crippen LogP contribution in [0.2, 0.25) is 0 Å². The van der Waals surface area contributed by atoms with Crippen LogP contribution in [0.25, 0.3) is 0 Å². The minimum Gasteiger partial charge on any atom is -0.298 e. The summed E-state index contributed by atoms with van der Waals surface area (Å²) in [7, 11) is 0. The molecular weight excluding hydrogens is 280 g/mol. The maximum absolute atomic E-state index is 12.0. The molecule has 1 aromatic carbocycles. The van der Waals surface area contributed by atoms with Gasteiger partial charge in [0.05, 0.1) is 0 Å². The summed E-state index contributed by atoms with van der Waals surface area (Å²) in [5.74, 6) is -0.335. The van der Waals surface area contributed by atoms with Crippen molar-refractivity contribution < 1.29 is 9.59 Å². The lowest BCUT2D eigenvalue weighted by Gasteiger charge is -2.02. The molecule has 0 radical (unpaired) electrons. The molecule has 19 heavy (non-hydrogen) atoms. The number of hydrogen-bond acceptors (Lipinski definition) is 5. The normalized spacial score (nSPS) is 10.2. The van der Waals surface area contributed by atoms with Crippen molar-refractivity contribution in [2.24, 2.45) is 0 Å². The molecule has 2 rings (SSSR count). The highest BCUT2D eigenvalue weighted by molar-refractivity contribution is 7.98. The summed E-state index contributed by atoms with van der Waals surface area (Å²) in [4.78, 5) is 28.2. The second-order valence-electron chi connectivity index (χ2n) is 3.78. The van der Waals surface area contributed by atoms with Crippen LogP contribution in [0.4, 0.5) is 5.13 Å². The zero-order chi connectivity index (χ0) is 13.8. The second-order valence-corrected chi connectivity index (χ2v) is 5.51. The van der Waals surface area contributed by atoms with Crippen molar-refractivity contribution in [3.63, 3.8) is 0 Å². The Morgan fingerprint density at radius 1 is 1.26 bits per heavy atom. The summed E-state index contributed by atoms with van der Waals surface area (Å²) in [6.07, 6.45) is 1.98. The third-order valence-electron chi connectivity index (χ3n) is 2.44. The van der Waals surface area contributed by atoms with Gasteiger partial charge < -0.3 is 0 Å². The molecule has 1 amide bonds. The predicted octanol–water partition coefficient (Wildman–Crippen LogP) is 3.32. The summed E-state index contributed by atoms with van der Waals surface area (Å²) < 4.78 is 0. The van der Waals surface area contributed by atoms with E-state index >= 15 is 0 Å². The maximum Gasteiger partial charge on any atom is 0.257 e. The molecule has 0 bridgehead atoms. The lowest BCUT2D eigenvalue weighted by atomic mass is 10.2. The van der Waals surface area contributed by atoms with Gasteiger partial charge in [-0.3, -0.25) is 14.9 Å². The molecule has 2 aromatic rings. The highest BCUT2D eigenvalue weighted by atomic mass is 32.2. The van der Waals surface area contributed by atoms with Crippen molar-refractivity contribution >= 4 is 39.9 Å². The molecule has 0 spiro atoms. The van der Waals surface area contributed by atoms with E-state index in [0.717, 1.165) is 4.90 Å². The van der Waals surface area contributed by atoms with E-state index in [2.05, 4.69) is 10.3 Å². The van der Waals surface area contributed by atoms with Gasteiger partial charge in [0, 0.05) is 22.8 Å². The third kappa shape index (κ3) is 3.42. The number of anilines is 1. The van der Waals surface area contributed by atoms with E-state index in [4.69, 9.17) is 0 Å². The van der Waals surface area contributed by atoms with Gasteiger partial charge >= 0.3 is 0 Å². The molecule has 0 saturated carbocycles. The molecule has 1 heterocycles. The number of nitrogens with zero attached hydrogens (tertiary/aromatic N) is 1. The number of rotatable bonds is 4. The topological polar surface area (TPSA) is 59.1 Å². The Morgan fingerprint density at radius 3 is 2.47 bits per heavy atom. The largest absolute Gasteiger partial charge is 0.298 e. The summed E-state index contributed by atoms with van der Waals surface area (Å²) in [6.45, 7) is 1.45. The van der Waals surface area contributed by atoms with Gasteiger partial charge in [-0.1, -0.05) is 0 Å².